The van der Waals surface area contributed by atoms with Crippen molar-refractivity contribution in [1.82, 2.24) is 9.21 Å². The molecule has 1 saturated heterocycles. The highest BCUT2D eigenvalue weighted by Crippen LogP contribution is 2.19. The fourth-order valence-electron chi connectivity index (χ4n) is 1.95. The van der Waals surface area contributed by atoms with Gasteiger partial charge in [0.05, 0.1) is 5.25 Å². The van der Waals surface area contributed by atoms with Crippen molar-refractivity contribution < 1.29 is 8.42 Å². The summed E-state index contributed by atoms with van der Waals surface area (Å²) in [5.41, 5.74) is 0. The molecule has 0 amide bonds. The lowest BCUT2D eigenvalue weighted by atomic mass is 10.1. The first-order valence-corrected chi connectivity index (χ1v) is 7.64. The van der Waals surface area contributed by atoms with Crippen LogP contribution in [0.4, 0.5) is 0 Å². The van der Waals surface area contributed by atoms with Crippen LogP contribution in [0.5, 0.6) is 0 Å². The van der Waals surface area contributed by atoms with Crippen molar-refractivity contribution in [3.63, 3.8) is 0 Å². The molecule has 1 atom stereocenters. The number of nitrogens with zero attached hydrogens (tertiary/aromatic N) is 2. The first-order chi connectivity index (χ1) is 7.39. The summed E-state index contributed by atoms with van der Waals surface area (Å²) in [6.07, 6.45) is 1.81. The summed E-state index contributed by atoms with van der Waals surface area (Å²) in [6, 6.07) is 0.498. The Morgan fingerprint density at radius 2 is 1.88 bits per heavy atom. The fraction of sp³-hybridized carbons (Fsp3) is 1.00. The Labute approximate surface area is 104 Å². The van der Waals surface area contributed by atoms with E-state index in [-0.39, 0.29) is 5.88 Å². The Balaban J connectivity index is 2.60. The van der Waals surface area contributed by atoms with E-state index in [1.807, 2.05) is 14.1 Å². The number of hydrogen-bond donors (Lipinski definition) is 0. The number of hydrogen-bond acceptors (Lipinski definition) is 3. The van der Waals surface area contributed by atoms with Crippen LogP contribution in [-0.4, -0.2) is 62.0 Å². The number of piperidine rings is 1. The smallest absolute Gasteiger partial charge is 0.217 e. The molecule has 0 saturated carbocycles. The summed E-state index contributed by atoms with van der Waals surface area (Å²) < 4.78 is 25.6. The third-order valence-electron chi connectivity index (χ3n) is 3.24. The molecule has 6 heteroatoms. The van der Waals surface area contributed by atoms with Crippen LogP contribution in [0.3, 0.4) is 0 Å². The largest absolute Gasteiger partial charge is 0.306 e. The molecule has 0 aliphatic carbocycles. The van der Waals surface area contributed by atoms with Crippen LogP contribution in [0, 0.1) is 0 Å². The number of halogens is 1. The van der Waals surface area contributed by atoms with E-state index in [1.54, 1.807) is 11.2 Å². The van der Waals surface area contributed by atoms with E-state index in [9.17, 15) is 8.42 Å². The van der Waals surface area contributed by atoms with E-state index < -0.39 is 15.3 Å². The van der Waals surface area contributed by atoms with Crippen molar-refractivity contribution in [2.75, 3.05) is 33.1 Å². The van der Waals surface area contributed by atoms with Crippen LogP contribution in [-0.2, 0) is 10.0 Å². The summed E-state index contributed by atoms with van der Waals surface area (Å²) in [7, 11) is 0.897. The predicted octanol–water partition coefficient (Wildman–Crippen LogP) is 0.970. The average Bonchev–Trinajstić information content (AvgIpc) is 2.28. The minimum Gasteiger partial charge on any atom is -0.306 e. The van der Waals surface area contributed by atoms with Gasteiger partial charge in [-0.25, -0.2) is 12.7 Å². The minimum absolute atomic E-state index is 0.163. The van der Waals surface area contributed by atoms with Gasteiger partial charge in [-0.15, -0.1) is 11.6 Å². The first-order valence-electron chi connectivity index (χ1n) is 5.61. The van der Waals surface area contributed by atoms with Gasteiger partial charge < -0.3 is 4.90 Å². The van der Waals surface area contributed by atoms with Gasteiger partial charge in [0.1, 0.15) is 0 Å². The molecule has 16 heavy (non-hydrogen) atoms. The van der Waals surface area contributed by atoms with Gasteiger partial charge in [0.25, 0.3) is 0 Å². The first kappa shape index (κ1) is 14.2. The van der Waals surface area contributed by atoms with Gasteiger partial charge in [0, 0.05) is 25.0 Å². The van der Waals surface area contributed by atoms with E-state index >= 15 is 0 Å². The number of sulfonamides is 1. The zero-order valence-corrected chi connectivity index (χ0v) is 11.8. The van der Waals surface area contributed by atoms with Crippen LogP contribution in [0.1, 0.15) is 19.8 Å². The van der Waals surface area contributed by atoms with Crippen LogP contribution >= 0.6 is 11.6 Å². The van der Waals surface area contributed by atoms with Gasteiger partial charge in [0.2, 0.25) is 10.0 Å². The predicted molar refractivity (Wildman–Crippen MR) is 67.4 cm³/mol. The van der Waals surface area contributed by atoms with E-state index in [2.05, 4.69) is 4.90 Å². The molecule has 0 aromatic carbocycles. The molecule has 4 nitrogen and oxygen atoms in total. The molecule has 1 heterocycles. The summed E-state index contributed by atoms with van der Waals surface area (Å²) in [4.78, 5) is 2.16. The third-order valence-corrected chi connectivity index (χ3v) is 6.15. The minimum atomic E-state index is -3.18. The Morgan fingerprint density at radius 3 is 2.25 bits per heavy atom. The molecule has 0 N–H and O–H groups in total. The van der Waals surface area contributed by atoms with Crippen molar-refractivity contribution in [2.45, 2.75) is 31.1 Å². The van der Waals surface area contributed by atoms with Crippen molar-refractivity contribution in [3.8, 4) is 0 Å². The molecule has 1 unspecified atom stereocenters. The third kappa shape index (κ3) is 3.09. The van der Waals surface area contributed by atoms with E-state index in [1.165, 1.54) is 0 Å². The van der Waals surface area contributed by atoms with Crippen molar-refractivity contribution in [1.29, 1.82) is 0 Å². The maximum atomic E-state index is 12.0. The molecule has 1 rings (SSSR count). The fourth-order valence-corrected chi connectivity index (χ4v) is 3.81. The molecule has 0 bridgehead atoms. The zero-order chi connectivity index (χ0) is 12.3. The molecular formula is C10H21ClN2O2S. The standard InChI is InChI=1S/C10H21ClN2O2S/c1-9(8-11)16(14,15)13-6-4-10(5-7-13)12(2)3/h9-10H,4-8H2,1-3H3. The molecule has 0 spiro atoms. The molecule has 1 fully saturated rings. The van der Waals surface area contributed by atoms with E-state index in [0.29, 0.717) is 19.1 Å². The van der Waals surface area contributed by atoms with Crippen molar-refractivity contribution in [2.24, 2.45) is 0 Å². The van der Waals surface area contributed by atoms with Crippen LogP contribution in [0.25, 0.3) is 0 Å². The monoisotopic (exact) mass is 268 g/mol. The molecule has 0 radical (unpaired) electrons. The topological polar surface area (TPSA) is 40.6 Å². The van der Waals surface area contributed by atoms with Gasteiger partial charge in [-0.1, -0.05) is 0 Å². The summed E-state index contributed by atoms with van der Waals surface area (Å²) in [5, 5.41) is -0.481. The number of rotatable bonds is 4. The second-order valence-electron chi connectivity index (χ2n) is 4.60. The van der Waals surface area contributed by atoms with E-state index in [0.717, 1.165) is 12.8 Å². The lowest BCUT2D eigenvalue weighted by molar-refractivity contribution is 0.196. The Morgan fingerprint density at radius 1 is 1.38 bits per heavy atom. The summed E-state index contributed by atoms with van der Waals surface area (Å²) in [6.45, 7) is 2.90. The average molecular weight is 269 g/mol. The van der Waals surface area contributed by atoms with Crippen LogP contribution in [0.2, 0.25) is 0 Å². The van der Waals surface area contributed by atoms with Gasteiger partial charge in [-0.3, -0.25) is 0 Å². The quantitative estimate of drug-likeness (QED) is 0.714. The SMILES string of the molecule is CC(CCl)S(=O)(=O)N1CCC(N(C)C)CC1. The maximum absolute atomic E-state index is 12.0. The normalized spacial score (nSPS) is 22.6. The lowest BCUT2D eigenvalue weighted by Crippen LogP contribution is -2.47. The summed E-state index contributed by atoms with van der Waals surface area (Å²) >= 11 is 5.62. The zero-order valence-electron chi connectivity index (χ0n) is 10.2. The van der Waals surface area contributed by atoms with Gasteiger partial charge in [0.15, 0.2) is 0 Å². The lowest BCUT2D eigenvalue weighted by Gasteiger charge is -2.35. The summed E-state index contributed by atoms with van der Waals surface area (Å²) in [5.74, 6) is 0.163. The maximum Gasteiger partial charge on any atom is 0.217 e. The highest BCUT2D eigenvalue weighted by atomic mass is 35.5. The van der Waals surface area contributed by atoms with Crippen LogP contribution in [0.15, 0.2) is 0 Å². The van der Waals surface area contributed by atoms with Gasteiger partial charge >= 0.3 is 0 Å². The Kier molecular flexibility index (Phi) is 5.04. The second kappa shape index (κ2) is 5.67. The molecule has 1 aliphatic rings. The molecule has 1 aliphatic heterocycles. The van der Waals surface area contributed by atoms with Gasteiger partial charge in [-0.2, -0.15) is 0 Å². The molecule has 0 aromatic heterocycles. The Bertz CT molecular complexity index is 311. The molecule has 96 valence electrons. The highest BCUT2D eigenvalue weighted by molar-refractivity contribution is 7.89. The van der Waals surface area contributed by atoms with E-state index in [4.69, 9.17) is 11.6 Å². The number of alkyl halides is 1. The van der Waals surface area contributed by atoms with Gasteiger partial charge in [-0.05, 0) is 33.9 Å². The molecular weight excluding hydrogens is 248 g/mol. The van der Waals surface area contributed by atoms with Crippen molar-refractivity contribution >= 4 is 21.6 Å². The molecule has 0 aromatic rings. The highest BCUT2D eigenvalue weighted by Gasteiger charge is 2.32. The van der Waals surface area contributed by atoms with Crippen molar-refractivity contribution in [3.05, 3.63) is 0 Å². The Hall–Kier alpha value is 0.160. The second-order valence-corrected chi connectivity index (χ2v) is 7.26. The van der Waals surface area contributed by atoms with Crippen LogP contribution < -0.4 is 0 Å².